The highest BCUT2D eigenvalue weighted by molar-refractivity contribution is 6.81. The molecule has 0 saturated heterocycles. The first-order valence-corrected chi connectivity index (χ1v) is 6.57. The van der Waals surface area contributed by atoms with Crippen LogP contribution in [0.3, 0.4) is 0 Å². The number of para-hydroxylation sites is 1. The average Bonchev–Trinajstić information content (AvgIpc) is 2.18. The van der Waals surface area contributed by atoms with E-state index in [1.165, 1.54) is 0 Å². The highest BCUT2D eigenvalue weighted by atomic mass is 28.2. The van der Waals surface area contributed by atoms with Gasteiger partial charge in [0.2, 0.25) is 0 Å². The zero-order valence-electron chi connectivity index (χ0n) is 9.19. The number of hydrogen-bond acceptors (Lipinski definition) is 2. The lowest BCUT2D eigenvalue weighted by Crippen LogP contribution is -2.12. The van der Waals surface area contributed by atoms with Crippen molar-refractivity contribution in [3.8, 4) is 5.75 Å². The molecule has 0 amide bonds. The lowest BCUT2D eigenvalue weighted by atomic mass is 10.2. The van der Waals surface area contributed by atoms with Gasteiger partial charge < -0.3 is 9.53 Å². The molecule has 0 saturated carbocycles. The molecule has 0 atom stereocenters. The van der Waals surface area contributed by atoms with Crippen molar-refractivity contribution < 1.29 is 9.53 Å². The molecule has 0 spiro atoms. The Bertz CT molecular complexity index is 358. The SMILES string of the molecule is C=C[SiH2]C(=O)c1ccccc1OC(C)C. The minimum absolute atomic E-state index is 0.0874. The number of hydrogen-bond donors (Lipinski definition) is 0. The van der Waals surface area contributed by atoms with Gasteiger partial charge in [0.25, 0.3) is 0 Å². The Morgan fingerprint density at radius 2 is 2.13 bits per heavy atom. The van der Waals surface area contributed by atoms with Crippen LogP contribution in [0.4, 0.5) is 0 Å². The van der Waals surface area contributed by atoms with E-state index in [0.717, 1.165) is 0 Å². The van der Waals surface area contributed by atoms with E-state index in [-0.39, 0.29) is 11.5 Å². The molecule has 0 unspecified atom stereocenters. The highest BCUT2D eigenvalue weighted by Crippen LogP contribution is 2.19. The van der Waals surface area contributed by atoms with Crippen molar-refractivity contribution in [2.45, 2.75) is 20.0 Å². The molecular formula is C12H16O2Si. The molecule has 3 heteroatoms. The van der Waals surface area contributed by atoms with Crippen LogP contribution in [0.1, 0.15) is 24.2 Å². The summed E-state index contributed by atoms with van der Waals surface area (Å²) in [7, 11) is -0.862. The fourth-order valence-electron chi connectivity index (χ4n) is 1.29. The first-order chi connectivity index (χ1) is 7.15. The van der Waals surface area contributed by atoms with E-state index in [4.69, 9.17) is 4.74 Å². The first-order valence-electron chi connectivity index (χ1n) is 5.05. The van der Waals surface area contributed by atoms with E-state index in [0.29, 0.717) is 11.3 Å². The Morgan fingerprint density at radius 1 is 1.47 bits per heavy atom. The molecule has 0 fully saturated rings. The average molecular weight is 220 g/mol. The summed E-state index contributed by atoms with van der Waals surface area (Å²) in [4.78, 5) is 11.8. The van der Waals surface area contributed by atoms with Gasteiger partial charge in [0, 0.05) is 0 Å². The highest BCUT2D eigenvalue weighted by Gasteiger charge is 2.11. The summed E-state index contributed by atoms with van der Waals surface area (Å²) in [6.07, 6.45) is 0.0874. The van der Waals surface area contributed by atoms with Gasteiger partial charge in [-0.1, -0.05) is 17.8 Å². The predicted octanol–water partition coefficient (Wildman–Crippen LogP) is 1.93. The molecule has 0 aliphatic carbocycles. The van der Waals surface area contributed by atoms with Gasteiger partial charge in [-0.05, 0) is 26.0 Å². The lowest BCUT2D eigenvalue weighted by Gasteiger charge is -2.12. The molecule has 0 N–H and O–H groups in total. The number of benzene rings is 1. The van der Waals surface area contributed by atoms with Gasteiger partial charge in [0.15, 0.2) is 0 Å². The predicted molar refractivity (Wildman–Crippen MR) is 65.3 cm³/mol. The minimum Gasteiger partial charge on any atom is -0.490 e. The zero-order chi connectivity index (χ0) is 11.3. The third kappa shape index (κ3) is 3.36. The van der Waals surface area contributed by atoms with Crippen molar-refractivity contribution in [2.24, 2.45) is 0 Å². The lowest BCUT2D eigenvalue weighted by molar-refractivity contribution is 0.107. The number of ether oxygens (including phenoxy) is 1. The Balaban J connectivity index is 2.95. The quantitative estimate of drug-likeness (QED) is 0.709. The summed E-state index contributed by atoms with van der Waals surface area (Å²) in [5, 5.41) is 0.182. The van der Waals surface area contributed by atoms with Gasteiger partial charge >= 0.3 is 0 Å². The molecule has 80 valence electrons. The maximum atomic E-state index is 11.8. The first kappa shape index (κ1) is 11.7. The molecule has 0 radical (unpaired) electrons. The maximum Gasteiger partial charge on any atom is 0.141 e. The number of carbonyl (C=O) groups excluding carboxylic acids is 1. The summed E-state index contributed by atoms with van der Waals surface area (Å²) in [6, 6.07) is 7.39. The third-order valence-electron chi connectivity index (χ3n) is 1.88. The largest absolute Gasteiger partial charge is 0.490 e. The zero-order valence-corrected chi connectivity index (χ0v) is 10.6. The van der Waals surface area contributed by atoms with Gasteiger partial charge in [-0.2, -0.15) is 0 Å². The molecule has 0 aliphatic heterocycles. The van der Waals surface area contributed by atoms with Crippen LogP contribution in [0.2, 0.25) is 0 Å². The van der Waals surface area contributed by atoms with E-state index in [9.17, 15) is 4.79 Å². The third-order valence-corrected chi connectivity index (χ3v) is 2.92. The van der Waals surface area contributed by atoms with Crippen molar-refractivity contribution in [3.63, 3.8) is 0 Å². The van der Waals surface area contributed by atoms with Gasteiger partial charge in [-0.15, -0.1) is 6.58 Å². The second kappa shape index (κ2) is 5.51. The summed E-state index contributed by atoms with van der Waals surface area (Å²) in [6.45, 7) is 7.52. The van der Waals surface area contributed by atoms with Crippen molar-refractivity contribution in [3.05, 3.63) is 42.1 Å². The molecule has 1 aromatic carbocycles. The van der Waals surface area contributed by atoms with Gasteiger partial charge in [0.1, 0.15) is 20.7 Å². The second-order valence-electron chi connectivity index (χ2n) is 3.58. The van der Waals surface area contributed by atoms with Crippen molar-refractivity contribution in [1.82, 2.24) is 0 Å². The van der Waals surface area contributed by atoms with E-state index < -0.39 is 9.52 Å². The molecule has 15 heavy (non-hydrogen) atoms. The monoisotopic (exact) mass is 220 g/mol. The van der Waals surface area contributed by atoms with Crippen LogP contribution in [-0.2, 0) is 0 Å². The Morgan fingerprint density at radius 3 is 2.73 bits per heavy atom. The summed E-state index contributed by atoms with van der Waals surface area (Å²) < 4.78 is 5.58. The van der Waals surface area contributed by atoms with Crippen molar-refractivity contribution in [2.75, 3.05) is 0 Å². The van der Waals surface area contributed by atoms with E-state index >= 15 is 0 Å². The summed E-state index contributed by atoms with van der Waals surface area (Å²) in [5.74, 6) is 0.687. The Kier molecular flexibility index (Phi) is 4.30. The van der Waals surface area contributed by atoms with Crippen LogP contribution in [-0.4, -0.2) is 21.0 Å². The summed E-state index contributed by atoms with van der Waals surface area (Å²) >= 11 is 0. The normalized spacial score (nSPS) is 10.9. The molecular weight excluding hydrogens is 204 g/mol. The van der Waals surface area contributed by atoms with Crippen LogP contribution < -0.4 is 4.74 Å². The Labute approximate surface area is 92.8 Å². The van der Waals surface area contributed by atoms with E-state index in [1.807, 2.05) is 38.1 Å². The molecule has 2 nitrogen and oxygen atoms in total. The maximum absolute atomic E-state index is 11.8. The summed E-state index contributed by atoms with van der Waals surface area (Å²) in [5.41, 5.74) is 2.44. The van der Waals surface area contributed by atoms with E-state index in [1.54, 1.807) is 5.70 Å². The van der Waals surface area contributed by atoms with Crippen LogP contribution in [0.25, 0.3) is 0 Å². The van der Waals surface area contributed by atoms with Crippen LogP contribution >= 0.6 is 0 Å². The molecule has 1 aromatic rings. The fourth-order valence-corrected chi connectivity index (χ4v) is 2.07. The van der Waals surface area contributed by atoms with E-state index in [2.05, 4.69) is 6.58 Å². The van der Waals surface area contributed by atoms with Gasteiger partial charge in [0.05, 0.1) is 11.7 Å². The van der Waals surface area contributed by atoms with Crippen LogP contribution in [0.15, 0.2) is 36.5 Å². The minimum atomic E-state index is -0.862. The molecule has 0 aliphatic rings. The standard InChI is InChI=1S/C12H16O2Si/c1-4-15-12(13)10-7-5-6-8-11(10)14-9(2)3/h4-9H,1,15H2,2-3H3. The van der Waals surface area contributed by atoms with Crippen LogP contribution in [0, 0.1) is 0 Å². The topological polar surface area (TPSA) is 26.3 Å². The van der Waals surface area contributed by atoms with Gasteiger partial charge in [-0.3, -0.25) is 0 Å². The molecule has 0 aromatic heterocycles. The molecule has 0 heterocycles. The number of rotatable bonds is 5. The second-order valence-corrected chi connectivity index (χ2v) is 5.21. The van der Waals surface area contributed by atoms with Crippen molar-refractivity contribution in [1.29, 1.82) is 0 Å². The van der Waals surface area contributed by atoms with Gasteiger partial charge in [-0.25, -0.2) is 0 Å². The molecule has 0 bridgehead atoms. The number of carbonyl (C=O) groups is 1. The smallest absolute Gasteiger partial charge is 0.141 e. The van der Waals surface area contributed by atoms with Crippen molar-refractivity contribution >= 4 is 14.9 Å². The Hall–Kier alpha value is -1.35. The fraction of sp³-hybridized carbons (Fsp3) is 0.250. The van der Waals surface area contributed by atoms with Crippen LogP contribution in [0.5, 0.6) is 5.75 Å². The molecule has 1 rings (SSSR count).